The fourth-order valence-electron chi connectivity index (χ4n) is 0.740. The molecule has 13 heavy (non-hydrogen) atoms. The van der Waals surface area contributed by atoms with E-state index in [1.807, 2.05) is 0 Å². The zero-order valence-corrected chi connectivity index (χ0v) is 7.61. The summed E-state index contributed by atoms with van der Waals surface area (Å²) in [4.78, 5) is 3.54. The summed E-state index contributed by atoms with van der Waals surface area (Å²) < 4.78 is 12.6. The van der Waals surface area contributed by atoms with Gasteiger partial charge in [-0.25, -0.2) is 4.98 Å². The Bertz CT molecular complexity index is 354. The molecule has 0 aliphatic heterocycles. The van der Waals surface area contributed by atoms with E-state index in [0.29, 0.717) is 18.0 Å². The lowest BCUT2D eigenvalue weighted by atomic mass is 10.3. The largest absolute Gasteiger partial charge is 0.396 e. The van der Waals surface area contributed by atoms with Crippen LogP contribution in [-0.2, 0) is 0 Å². The number of halogens is 2. The number of hydrogen-bond acceptors (Lipinski definition) is 2. The van der Waals surface area contributed by atoms with Crippen LogP contribution in [0.3, 0.4) is 0 Å². The van der Waals surface area contributed by atoms with Gasteiger partial charge in [0, 0.05) is 12.3 Å². The summed E-state index contributed by atoms with van der Waals surface area (Å²) in [5.74, 6) is 5.24. The molecule has 0 radical (unpaired) electrons. The molecule has 0 aliphatic carbocycles. The molecule has 1 aromatic rings. The lowest BCUT2D eigenvalue weighted by Gasteiger charge is -1.95. The maximum Gasteiger partial charge on any atom is 0.214 e. The summed E-state index contributed by atoms with van der Waals surface area (Å²) in [6, 6.07) is 2.63. The van der Waals surface area contributed by atoms with Crippen molar-refractivity contribution in [1.29, 1.82) is 0 Å². The Kier molecular flexibility index (Phi) is 3.53. The van der Waals surface area contributed by atoms with E-state index in [2.05, 4.69) is 16.8 Å². The quantitative estimate of drug-likeness (QED) is 0.425. The first-order chi connectivity index (χ1) is 6.24. The highest BCUT2D eigenvalue weighted by Crippen LogP contribution is 2.07. The number of pyridine rings is 1. The number of hydrogen-bond donors (Lipinski definition) is 1. The van der Waals surface area contributed by atoms with E-state index in [1.165, 1.54) is 12.1 Å². The Balaban J connectivity index is 2.89. The van der Waals surface area contributed by atoms with Crippen LogP contribution in [0.4, 0.5) is 10.1 Å². The highest BCUT2D eigenvalue weighted by atomic mass is 35.5. The third-order valence-electron chi connectivity index (χ3n) is 1.32. The van der Waals surface area contributed by atoms with Crippen LogP contribution in [0.25, 0.3) is 0 Å². The third kappa shape index (κ3) is 2.92. The molecule has 1 rings (SSSR count). The first-order valence-electron chi connectivity index (χ1n) is 3.71. The van der Waals surface area contributed by atoms with Crippen LogP contribution >= 0.6 is 11.6 Å². The molecule has 0 aromatic carbocycles. The molecule has 0 amide bonds. The molecular formula is C9H8ClFN2. The number of nitrogen functional groups attached to an aromatic ring is 1. The van der Waals surface area contributed by atoms with Crippen molar-refractivity contribution in [3.05, 3.63) is 23.8 Å². The van der Waals surface area contributed by atoms with Gasteiger partial charge in [-0.1, -0.05) is 5.92 Å². The minimum atomic E-state index is -0.579. The first-order valence-corrected chi connectivity index (χ1v) is 4.24. The van der Waals surface area contributed by atoms with Crippen LogP contribution in [0.5, 0.6) is 0 Å². The van der Waals surface area contributed by atoms with Crippen molar-refractivity contribution in [2.24, 2.45) is 0 Å². The maximum atomic E-state index is 12.6. The molecule has 0 saturated carbocycles. The highest BCUT2D eigenvalue weighted by molar-refractivity contribution is 6.18. The summed E-state index contributed by atoms with van der Waals surface area (Å²) in [5, 5.41) is 0. The first kappa shape index (κ1) is 9.82. The maximum absolute atomic E-state index is 12.6. The smallest absolute Gasteiger partial charge is 0.214 e. The van der Waals surface area contributed by atoms with Crippen LogP contribution in [0, 0.1) is 17.8 Å². The zero-order valence-electron chi connectivity index (χ0n) is 6.85. The van der Waals surface area contributed by atoms with Gasteiger partial charge in [0.05, 0.1) is 5.69 Å². The molecule has 0 saturated heterocycles. The van der Waals surface area contributed by atoms with E-state index in [0.717, 1.165) is 0 Å². The monoisotopic (exact) mass is 198 g/mol. The SMILES string of the molecule is Nc1ccc(F)nc1C#CCCCl. The summed E-state index contributed by atoms with van der Waals surface area (Å²) >= 11 is 5.41. The minimum Gasteiger partial charge on any atom is -0.396 e. The normalized spacial score (nSPS) is 9.08. The Hall–Kier alpha value is -1.27. The van der Waals surface area contributed by atoms with Gasteiger partial charge in [-0.2, -0.15) is 4.39 Å². The Labute approximate surface area is 80.9 Å². The fourth-order valence-corrected chi connectivity index (χ4v) is 0.834. The standard InChI is InChI=1S/C9H8ClFN2/c10-6-2-1-3-8-7(12)4-5-9(11)13-8/h4-5H,2,6,12H2. The van der Waals surface area contributed by atoms with Gasteiger partial charge in [0.2, 0.25) is 5.95 Å². The van der Waals surface area contributed by atoms with Gasteiger partial charge < -0.3 is 5.73 Å². The van der Waals surface area contributed by atoms with Crippen molar-refractivity contribution < 1.29 is 4.39 Å². The van der Waals surface area contributed by atoms with E-state index in [4.69, 9.17) is 17.3 Å². The summed E-state index contributed by atoms with van der Waals surface area (Å²) in [5.41, 5.74) is 6.15. The average molecular weight is 199 g/mol. The molecule has 68 valence electrons. The molecule has 0 bridgehead atoms. The van der Waals surface area contributed by atoms with E-state index >= 15 is 0 Å². The molecule has 0 atom stereocenters. The Morgan fingerprint density at radius 2 is 2.31 bits per heavy atom. The van der Waals surface area contributed by atoms with Crippen molar-refractivity contribution in [3.8, 4) is 11.8 Å². The van der Waals surface area contributed by atoms with Crippen molar-refractivity contribution in [1.82, 2.24) is 4.98 Å². The van der Waals surface area contributed by atoms with Gasteiger partial charge >= 0.3 is 0 Å². The highest BCUT2D eigenvalue weighted by Gasteiger charge is 1.98. The van der Waals surface area contributed by atoms with Gasteiger partial charge in [0.1, 0.15) is 5.69 Å². The molecule has 0 aliphatic rings. The number of anilines is 1. The summed E-state index contributed by atoms with van der Waals surface area (Å²) in [7, 11) is 0. The van der Waals surface area contributed by atoms with Gasteiger partial charge in [-0.3, -0.25) is 0 Å². The summed E-state index contributed by atoms with van der Waals surface area (Å²) in [6.45, 7) is 0. The van der Waals surface area contributed by atoms with Crippen LogP contribution in [0.15, 0.2) is 12.1 Å². The van der Waals surface area contributed by atoms with Crippen molar-refractivity contribution in [2.75, 3.05) is 11.6 Å². The summed E-state index contributed by atoms with van der Waals surface area (Å²) in [6.07, 6.45) is 0.541. The van der Waals surface area contributed by atoms with Gasteiger partial charge in [0.25, 0.3) is 0 Å². The molecule has 0 fully saturated rings. The van der Waals surface area contributed by atoms with Gasteiger partial charge in [-0.15, -0.1) is 11.6 Å². The Morgan fingerprint density at radius 1 is 1.54 bits per heavy atom. The molecule has 2 N–H and O–H groups in total. The molecule has 2 nitrogen and oxygen atoms in total. The van der Waals surface area contributed by atoms with Crippen molar-refractivity contribution >= 4 is 17.3 Å². The second kappa shape index (κ2) is 4.68. The zero-order chi connectivity index (χ0) is 9.68. The predicted molar refractivity (Wildman–Crippen MR) is 50.8 cm³/mol. The third-order valence-corrected chi connectivity index (χ3v) is 1.51. The van der Waals surface area contributed by atoms with Crippen LogP contribution in [0.2, 0.25) is 0 Å². The van der Waals surface area contributed by atoms with E-state index in [-0.39, 0.29) is 5.69 Å². The molecule has 0 unspecified atom stereocenters. The van der Waals surface area contributed by atoms with Crippen molar-refractivity contribution in [3.63, 3.8) is 0 Å². The number of aromatic nitrogens is 1. The second-order valence-corrected chi connectivity index (χ2v) is 2.69. The van der Waals surface area contributed by atoms with Gasteiger partial charge in [-0.05, 0) is 18.1 Å². The van der Waals surface area contributed by atoms with Crippen molar-refractivity contribution in [2.45, 2.75) is 6.42 Å². The van der Waals surface area contributed by atoms with Crippen LogP contribution in [-0.4, -0.2) is 10.9 Å². The predicted octanol–water partition coefficient (Wildman–Crippen LogP) is 1.78. The molecule has 1 heterocycles. The molecular weight excluding hydrogens is 191 g/mol. The van der Waals surface area contributed by atoms with Crippen LogP contribution < -0.4 is 5.73 Å². The molecule has 0 spiro atoms. The Morgan fingerprint density at radius 3 is 3.00 bits per heavy atom. The lowest BCUT2D eigenvalue weighted by Crippen LogP contribution is -1.95. The number of nitrogens with zero attached hydrogens (tertiary/aromatic N) is 1. The van der Waals surface area contributed by atoms with E-state index in [9.17, 15) is 4.39 Å². The molecule has 4 heteroatoms. The minimum absolute atomic E-state index is 0.269. The van der Waals surface area contributed by atoms with E-state index in [1.54, 1.807) is 0 Å². The van der Waals surface area contributed by atoms with Crippen LogP contribution in [0.1, 0.15) is 12.1 Å². The fraction of sp³-hybridized carbons (Fsp3) is 0.222. The number of nitrogens with two attached hydrogens (primary N) is 1. The van der Waals surface area contributed by atoms with E-state index < -0.39 is 5.95 Å². The second-order valence-electron chi connectivity index (χ2n) is 2.31. The van der Waals surface area contributed by atoms with Gasteiger partial charge in [0.15, 0.2) is 0 Å². The molecule has 1 aromatic heterocycles. The average Bonchev–Trinajstić information content (AvgIpc) is 2.11. The number of alkyl halides is 1. The lowest BCUT2D eigenvalue weighted by molar-refractivity contribution is 0.583. The number of rotatable bonds is 1. The topological polar surface area (TPSA) is 38.9 Å².